The molecule has 0 spiro atoms. The number of hydrogen-bond acceptors (Lipinski definition) is 2. The van der Waals surface area contributed by atoms with Crippen molar-refractivity contribution < 1.29 is 15.0 Å². The molecule has 0 bridgehead atoms. The fourth-order valence-electron chi connectivity index (χ4n) is 4.09. The summed E-state index contributed by atoms with van der Waals surface area (Å²) in [5, 5.41) is 22.9. The molecule has 0 aliphatic heterocycles. The van der Waals surface area contributed by atoms with Crippen LogP contribution in [0.3, 0.4) is 0 Å². The maximum absolute atomic E-state index is 11.6. The van der Waals surface area contributed by atoms with Crippen molar-refractivity contribution in [2.75, 3.05) is 0 Å². The summed E-state index contributed by atoms with van der Waals surface area (Å²) in [5.41, 5.74) is 3.72. The van der Waals surface area contributed by atoms with Gasteiger partial charge in [0.1, 0.15) is 11.3 Å². The van der Waals surface area contributed by atoms with E-state index in [1.54, 1.807) is 6.07 Å². The summed E-state index contributed by atoms with van der Waals surface area (Å²) in [6.45, 7) is 0. The van der Waals surface area contributed by atoms with Crippen molar-refractivity contribution >= 4 is 33.2 Å². The molecule has 0 fully saturated rings. The highest BCUT2D eigenvalue weighted by Crippen LogP contribution is 2.36. The molecule has 1 aromatic heterocycles. The summed E-state index contributed by atoms with van der Waals surface area (Å²) < 4.78 is 2.08. The highest BCUT2D eigenvalue weighted by Gasteiger charge is 2.18. The number of allylic oxidation sites excluding steroid dienone is 4. The first kappa shape index (κ1) is 17.3. The van der Waals surface area contributed by atoms with Crippen molar-refractivity contribution in [3.63, 3.8) is 0 Å². The summed E-state index contributed by atoms with van der Waals surface area (Å²) in [7, 11) is 0. The third-order valence-electron chi connectivity index (χ3n) is 5.47. The molecular weight excluding hydrogens is 362 g/mol. The zero-order valence-electron chi connectivity index (χ0n) is 15.7. The molecule has 5 rings (SSSR count). The van der Waals surface area contributed by atoms with Crippen molar-refractivity contribution in [3.8, 4) is 11.4 Å². The second-order valence-corrected chi connectivity index (χ2v) is 7.23. The summed E-state index contributed by atoms with van der Waals surface area (Å²) in [5.74, 6) is -1.38. The molecule has 0 saturated carbocycles. The van der Waals surface area contributed by atoms with Crippen molar-refractivity contribution in [1.29, 1.82) is 0 Å². The number of hydrogen-bond donors (Lipinski definition) is 2. The highest BCUT2D eigenvalue weighted by molar-refractivity contribution is 6.09. The smallest absolute Gasteiger partial charge is 0.339 e. The molecule has 1 aliphatic carbocycles. The predicted octanol–water partition coefficient (Wildman–Crippen LogP) is 5.92. The molecule has 2 N–H and O–H groups in total. The van der Waals surface area contributed by atoms with E-state index in [0.29, 0.717) is 5.69 Å². The minimum Gasteiger partial charge on any atom is -0.507 e. The zero-order valence-corrected chi connectivity index (χ0v) is 15.7. The van der Waals surface area contributed by atoms with Crippen LogP contribution in [0.15, 0.2) is 78.9 Å². The zero-order chi connectivity index (χ0) is 20.0. The van der Waals surface area contributed by atoms with E-state index < -0.39 is 5.97 Å². The number of carbonyl (C=O) groups is 1. The summed E-state index contributed by atoms with van der Waals surface area (Å²) in [6, 6.07) is 19.3. The van der Waals surface area contributed by atoms with E-state index in [4.69, 9.17) is 0 Å². The minimum atomic E-state index is -1.15. The Bertz CT molecular complexity index is 1340. The molecule has 0 unspecified atom stereocenters. The van der Waals surface area contributed by atoms with Gasteiger partial charge in [0, 0.05) is 11.1 Å². The van der Waals surface area contributed by atoms with Gasteiger partial charge >= 0.3 is 5.97 Å². The van der Waals surface area contributed by atoms with Crippen LogP contribution in [0.2, 0.25) is 0 Å². The van der Waals surface area contributed by atoms with E-state index in [1.807, 2.05) is 12.1 Å². The van der Waals surface area contributed by atoms with Crippen LogP contribution in [0.4, 0.5) is 0 Å². The third-order valence-corrected chi connectivity index (χ3v) is 5.47. The molecular formula is C25H19NO3. The number of carboxylic acids is 1. The maximum atomic E-state index is 11.6. The Balaban J connectivity index is 1.87. The lowest BCUT2D eigenvalue weighted by atomic mass is 10.0. The normalized spacial score (nSPS) is 13.7. The minimum absolute atomic E-state index is 0.107. The second-order valence-electron chi connectivity index (χ2n) is 7.23. The molecule has 0 radical (unpaired) electrons. The predicted molar refractivity (Wildman–Crippen MR) is 116 cm³/mol. The van der Waals surface area contributed by atoms with Gasteiger partial charge in [0.15, 0.2) is 0 Å². The molecule has 0 atom stereocenters. The van der Waals surface area contributed by atoms with Gasteiger partial charge in [-0.2, -0.15) is 0 Å². The van der Waals surface area contributed by atoms with Gasteiger partial charge in [-0.05, 0) is 59.5 Å². The van der Waals surface area contributed by atoms with Crippen molar-refractivity contribution in [2.24, 2.45) is 0 Å². The van der Waals surface area contributed by atoms with Gasteiger partial charge in [0.25, 0.3) is 0 Å². The standard InChI is InChI=1S/C25H19NO3/c27-24-13-11-18(14-21(24)25(28)29)26-22-12-10-16-6-4-5-9-19(16)20(22)15-23(26)17-7-2-1-3-8-17/h2,4-15,27H,1,3H2,(H,28,29). The number of aromatic nitrogens is 1. The molecule has 4 heteroatoms. The Kier molecular flexibility index (Phi) is 3.98. The van der Waals surface area contributed by atoms with Crippen LogP contribution in [-0.4, -0.2) is 20.7 Å². The number of phenols is 1. The van der Waals surface area contributed by atoms with Crippen LogP contribution in [0.25, 0.3) is 32.9 Å². The molecule has 1 heterocycles. The number of carboxylic acid groups (broad SMARTS) is 1. The lowest BCUT2D eigenvalue weighted by Crippen LogP contribution is -2.03. The Morgan fingerprint density at radius 1 is 0.931 bits per heavy atom. The van der Waals surface area contributed by atoms with Gasteiger partial charge < -0.3 is 14.8 Å². The number of aromatic hydroxyl groups is 1. The molecule has 142 valence electrons. The van der Waals surface area contributed by atoms with Crippen LogP contribution in [-0.2, 0) is 0 Å². The van der Waals surface area contributed by atoms with Crippen molar-refractivity contribution in [2.45, 2.75) is 12.8 Å². The van der Waals surface area contributed by atoms with Gasteiger partial charge in [-0.15, -0.1) is 0 Å². The van der Waals surface area contributed by atoms with E-state index in [1.165, 1.54) is 12.1 Å². The van der Waals surface area contributed by atoms with Crippen molar-refractivity contribution in [1.82, 2.24) is 4.57 Å². The Hall–Kier alpha value is -3.79. The molecule has 4 nitrogen and oxygen atoms in total. The maximum Gasteiger partial charge on any atom is 0.339 e. The summed E-state index contributed by atoms with van der Waals surface area (Å²) >= 11 is 0. The van der Waals surface area contributed by atoms with Gasteiger partial charge in [0.2, 0.25) is 0 Å². The number of fused-ring (bicyclic) bond motifs is 3. The average Bonchev–Trinajstić information content (AvgIpc) is 3.15. The van der Waals surface area contributed by atoms with Crippen LogP contribution < -0.4 is 0 Å². The number of benzene rings is 3. The fourth-order valence-corrected chi connectivity index (χ4v) is 4.09. The Morgan fingerprint density at radius 3 is 2.59 bits per heavy atom. The van der Waals surface area contributed by atoms with Gasteiger partial charge in [-0.3, -0.25) is 0 Å². The Labute approximate surface area is 167 Å². The molecule has 29 heavy (non-hydrogen) atoms. The monoisotopic (exact) mass is 381 g/mol. The average molecular weight is 381 g/mol. The first-order valence-electron chi connectivity index (χ1n) is 9.60. The van der Waals surface area contributed by atoms with E-state index in [-0.39, 0.29) is 11.3 Å². The molecule has 1 aliphatic rings. The fraction of sp³-hybridized carbons (Fsp3) is 0.0800. The first-order valence-corrected chi connectivity index (χ1v) is 9.60. The quantitative estimate of drug-likeness (QED) is 0.463. The molecule has 0 saturated heterocycles. The van der Waals surface area contributed by atoms with E-state index in [0.717, 1.165) is 45.8 Å². The van der Waals surface area contributed by atoms with Crippen LogP contribution in [0.1, 0.15) is 28.9 Å². The van der Waals surface area contributed by atoms with E-state index in [9.17, 15) is 15.0 Å². The SMILES string of the molecule is O=C(O)c1cc(-n2c(C3=CCCC=C3)cc3c4ccccc4ccc32)ccc1O. The summed E-state index contributed by atoms with van der Waals surface area (Å²) in [4.78, 5) is 11.6. The van der Waals surface area contributed by atoms with Crippen LogP contribution >= 0.6 is 0 Å². The molecule has 3 aromatic carbocycles. The topological polar surface area (TPSA) is 62.5 Å². The van der Waals surface area contributed by atoms with Gasteiger partial charge in [-0.25, -0.2) is 4.79 Å². The Morgan fingerprint density at radius 2 is 1.79 bits per heavy atom. The summed E-state index contributed by atoms with van der Waals surface area (Å²) in [6.07, 6.45) is 8.49. The largest absolute Gasteiger partial charge is 0.507 e. The van der Waals surface area contributed by atoms with Crippen molar-refractivity contribution in [3.05, 3.63) is 90.1 Å². The highest BCUT2D eigenvalue weighted by atomic mass is 16.4. The van der Waals surface area contributed by atoms with Gasteiger partial charge in [-0.1, -0.05) is 48.6 Å². The van der Waals surface area contributed by atoms with Gasteiger partial charge in [0.05, 0.1) is 11.2 Å². The van der Waals surface area contributed by atoms with Crippen LogP contribution in [0.5, 0.6) is 5.75 Å². The molecule has 4 aromatic rings. The number of nitrogens with zero attached hydrogens (tertiary/aromatic N) is 1. The molecule has 0 amide bonds. The number of aromatic carboxylic acids is 1. The first-order chi connectivity index (χ1) is 14.1. The lowest BCUT2D eigenvalue weighted by Gasteiger charge is -2.15. The third kappa shape index (κ3) is 2.81. The van der Waals surface area contributed by atoms with E-state index >= 15 is 0 Å². The van der Waals surface area contributed by atoms with E-state index in [2.05, 4.69) is 53.1 Å². The number of rotatable bonds is 3. The van der Waals surface area contributed by atoms with Crippen LogP contribution in [0, 0.1) is 0 Å². The lowest BCUT2D eigenvalue weighted by molar-refractivity contribution is 0.0693. The second kappa shape index (κ2) is 6.67.